The summed E-state index contributed by atoms with van der Waals surface area (Å²) in [6.45, 7) is 2.17. The molecule has 0 atom stereocenters. The first-order valence-corrected chi connectivity index (χ1v) is 7.49. The maximum atomic E-state index is 2.31. The monoisotopic (exact) mass is 272 g/mol. The van der Waals surface area contributed by atoms with E-state index in [9.17, 15) is 0 Å². The van der Waals surface area contributed by atoms with Gasteiger partial charge >= 0.3 is 0 Å². The minimum atomic E-state index is 0.988. The predicted octanol–water partition coefficient (Wildman–Crippen LogP) is 5.65. The average Bonchev–Trinajstić information content (AvgIpc) is 2.76. The number of benzene rings is 2. The van der Waals surface area contributed by atoms with Crippen LogP contribution in [0.2, 0.25) is 0 Å². The van der Waals surface area contributed by atoms with Crippen LogP contribution in [0.5, 0.6) is 0 Å². The Morgan fingerprint density at radius 2 is 1.76 bits per heavy atom. The summed E-state index contributed by atoms with van der Waals surface area (Å²) in [4.78, 5) is 0. The van der Waals surface area contributed by atoms with Gasteiger partial charge in [-0.2, -0.15) is 0 Å². The highest BCUT2D eigenvalue weighted by molar-refractivity contribution is 5.65. The van der Waals surface area contributed by atoms with E-state index in [0.717, 1.165) is 12.8 Å². The molecule has 0 saturated carbocycles. The van der Waals surface area contributed by atoms with Crippen molar-refractivity contribution >= 4 is 0 Å². The lowest BCUT2D eigenvalue weighted by molar-refractivity contribution is 1.18. The molecule has 0 saturated heterocycles. The van der Waals surface area contributed by atoms with Gasteiger partial charge in [0.1, 0.15) is 0 Å². The second-order valence-electron chi connectivity index (χ2n) is 5.56. The average molecular weight is 272 g/mol. The molecule has 0 nitrogen and oxygen atoms in total. The first-order valence-electron chi connectivity index (χ1n) is 7.49. The lowest BCUT2D eigenvalue weighted by Gasteiger charge is -2.09. The van der Waals surface area contributed by atoms with Crippen LogP contribution in [0.15, 0.2) is 84.5 Å². The molecular weight excluding hydrogens is 252 g/mol. The number of allylic oxidation sites excluding steroid dienone is 6. The molecule has 0 aromatic heterocycles. The standard InChI is InChI=1S/C21H20/c1-17-13-19(15-18-9-5-2-3-6-10-18)16-21(14-17)20-11-7-4-8-12-20/h2,4-14,16H,3,15H2,1H3. The van der Waals surface area contributed by atoms with E-state index in [-0.39, 0.29) is 0 Å². The summed E-state index contributed by atoms with van der Waals surface area (Å²) in [7, 11) is 0. The first kappa shape index (κ1) is 13.6. The number of hydrogen-bond donors (Lipinski definition) is 0. The zero-order valence-corrected chi connectivity index (χ0v) is 12.4. The van der Waals surface area contributed by atoms with Crippen LogP contribution in [-0.2, 0) is 6.42 Å². The van der Waals surface area contributed by atoms with Gasteiger partial charge in [-0.3, -0.25) is 0 Å². The van der Waals surface area contributed by atoms with Gasteiger partial charge in [-0.15, -0.1) is 0 Å². The smallest absolute Gasteiger partial charge is 0.00256 e. The summed E-state index contributed by atoms with van der Waals surface area (Å²) in [6, 6.07) is 17.5. The molecule has 0 bridgehead atoms. The molecule has 104 valence electrons. The topological polar surface area (TPSA) is 0 Å². The molecule has 0 spiro atoms. The first-order chi connectivity index (χ1) is 10.3. The SMILES string of the molecule is Cc1cc(CC2=CC=CCC=C2)cc(-c2ccccc2)c1. The molecule has 3 rings (SSSR count). The van der Waals surface area contributed by atoms with Crippen LogP contribution in [0.1, 0.15) is 17.5 Å². The van der Waals surface area contributed by atoms with E-state index in [1.165, 1.54) is 27.8 Å². The molecule has 1 aliphatic carbocycles. The quantitative estimate of drug-likeness (QED) is 0.677. The third-order valence-electron chi connectivity index (χ3n) is 3.70. The van der Waals surface area contributed by atoms with Gasteiger partial charge in [-0.1, -0.05) is 84.5 Å². The van der Waals surface area contributed by atoms with E-state index in [2.05, 4.69) is 85.8 Å². The van der Waals surface area contributed by atoms with Gasteiger partial charge in [0.15, 0.2) is 0 Å². The zero-order valence-electron chi connectivity index (χ0n) is 12.4. The van der Waals surface area contributed by atoms with E-state index in [0.29, 0.717) is 0 Å². The number of hydrogen-bond acceptors (Lipinski definition) is 0. The minimum absolute atomic E-state index is 0.988. The molecule has 0 fully saturated rings. The Morgan fingerprint density at radius 1 is 0.905 bits per heavy atom. The third-order valence-corrected chi connectivity index (χ3v) is 3.70. The van der Waals surface area contributed by atoms with Crippen LogP contribution in [0, 0.1) is 6.92 Å². The van der Waals surface area contributed by atoms with Crippen molar-refractivity contribution in [3.8, 4) is 11.1 Å². The molecular formula is C21H20. The summed E-state index contributed by atoms with van der Waals surface area (Å²) >= 11 is 0. The van der Waals surface area contributed by atoms with Crippen LogP contribution in [0.3, 0.4) is 0 Å². The molecule has 0 amide bonds. The van der Waals surface area contributed by atoms with Crippen molar-refractivity contribution in [3.63, 3.8) is 0 Å². The summed E-state index contributed by atoms with van der Waals surface area (Å²) < 4.78 is 0. The van der Waals surface area contributed by atoms with Crippen molar-refractivity contribution in [1.82, 2.24) is 0 Å². The maximum Gasteiger partial charge on any atom is -0.00256 e. The van der Waals surface area contributed by atoms with E-state index in [4.69, 9.17) is 0 Å². The summed E-state index contributed by atoms with van der Waals surface area (Å²) in [6.07, 6.45) is 13.0. The molecule has 0 heteroatoms. The Balaban J connectivity index is 1.91. The third kappa shape index (κ3) is 3.61. The molecule has 2 aromatic carbocycles. The van der Waals surface area contributed by atoms with Gasteiger partial charge in [0.05, 0.1) is 0 Å². The van der Waals surface area contributed by atoms with Gasteiger partial charge in [0, 0.05) is 0 Å². The van der Waals surface area contributed by atoms with Crippen molar-refractivity contribution < 1.29 is 0 Å². The highest BCUT2D eigenvalue weighted by Gasteiger charge is 2.03. The normalized spacial score (nSPS) is 13.9. The predicted molar refractivity (Wildman–Crippen MR) is 91.3 cm³/mol. The van der Waals surface area contributed by atoms with Gasteiger partial charge in [0.25, 0.3) is 0 Å². The molecule has 1 aliphatic rings. The van der Waals surface area contributed by atoms with Crippen molar-refractivity contribution in [2.45, 2.75) is 19.8 Å². The minimum Gasteiger partial charge on any atom is -0.0807 e. The largest absolute Gasteiger partial charge is 0.0807 e. The summed E-state index contributed by atoms with van der Waals surface area (Å²) in [5, 5.41) is 0. The van der Waals surface area contributed by atoms with Crippen molar-refractivity contribution in [2.75, 3.05) is 0 Å². The lowest BCUT2D eigenvalue weighted by atomic mass is 9.96. The molecule has 0 radical (unpaired) electrons. The Hall–Kier alpha value is -2.34. The summed E-state index contributed by atoms with van der Waals surface area (Å²) in [5.74, 6) is 0. The highest BCUT2D eigenvalue weighted by atomic mass is 14.1. The van der Waals surface area contributed by atoms with Crippen LogP contribution < -0.4 is 0 Å². The highest BCUT2D eigenvalue weighted by Crippen LogP contribution is 2.24. The molecule has 21 heavy (non-hydrogen) atoms. The molecule has 0 unspecified atom stereocenters. The fourth-order valence-electron chi connectivity index (χ4n) is 2.74. The second-order valence-corrected chi connectivity index (χ2v) is 5.56. The van der Waals surface area contributed by atoms with Gasteiger partial charge in [0.2, 0.25) is 0 Å². The maximum absolute atomic E-state index is 2.31. The van der Waals surface area contributed by atoms with E-state index < -0.39 is 0 Å². The molecule has 0 aliphatic heterocycles. The van der Waals surface area contributed by atoms with Crippen molar-refractivity contribution in [3.05, 3.63) is 95.6 Å². The van der Waals surface area contributed by atoms with Gasteiger partial charge in [-0.05, 0) is 42.0 Å². The fourth-order valence-corrected chi connectivity index (χ4v) is 2.74. The molecule has 0 N–H and O–H groups in total. The Bertz CT molecular complexity index is 700. The van der Waals surface area contributed by atoms with E-state index in [1.807, 2.05) is 0 Å². The summed E-state index contributed by atoms with van der Waals surface area (Å²) in [5.41, 5.74) is 6.65. The number of aryl methyl sites for hydroxylation is 1. The Labute approximate surface area is 127 Å². The van der Waals surface area contributed by atoms with Crippen LogP contribution in [-0.4, -0.2) is 0 Å². The van der Waals surface area contributed by atoms with E-state index >= 15 is 0 Å². The van der Waals surface area contributed by atoms with Gasteiger partial charge in [-0.25, -0.2) is 0 Å². The van der Waals surface area contributed by atoms with Crippen molar-refractivity contribution in [1.29, 1.82) is 0 Å². The van der Waals surface area contributed by atoms with Crippen LogP contribution in [0.4, 0.5) is 0 Å². The van der Waals surface area contributed by atoms with Crippen LogP contribution >= 0.6 is 0 Å². The zero-order chi connectivity index (χ0) is 14.5. The van der Waals surface area contributed by atoms with Crippen LogP contribution in [0.25, 0.3) is 11.1 Å². The molecule has 0 heterocycles. The molecule has 2 aromatic rings. The second kappa shape index (κ2) is 6.41. The van der Waals surface area contributed by atoms with E-state index in [1.54, 1.807) is 0 Å². The fraction of sp³-hybridized carbons (Fsp3) is 0.143. The Kier molecular flexibility index (Phi) is 4.16. The van der Waals surface area contributed by atoms with Gasteiger partial charge < -0.3 is 0 Å². The number of rotatable bonds is 3. The lowest BCUT2D eigenvalue weighted by Crippen LogP contribution is -1.91. The Morgan fingerprint density at radius 3 is 2.62 bits per heavy atom. The van der Waals surface area contributed by atoms with Crippen molar-refractivity contribution in [2.24, 2.45) is 0 Å².